The number of hydrogen-bond acceptors (Lipinski definition) is 5. The minimum Gasteiger partial charge on any atom is -0.346 e. The van der Waals surface area contributed by atoms with Crippen molar-refractivity contribution >= 4 is 29.1 Å². The molecule has 0 radical (unpaired) electrons. The zero-order chi connectivity index (χ0) is 27.7. The first-order chi connectivity index (χ1) is 18.8. The van der Waals surface area contributed by atoms with Crippen LogP contribution >= 0.6 is 11.3 Å². The van der Waals surface area contributed by atoms with Crippen molar-refractivity contribution < 1.29 is 23.2 Å². The van der Waals surface area contributed by atoms with Crippen LogP contribution in [-0.4, -0.2) is 45.4 Å². The molecule has 1 atom stereocenters. The molecule has 0 aliphatic carbocycles. The van der Waals surface area contributed by atoms with E-state index in [1.54, 1.807) is 30.3 Å². The molecule has 0 saturated heterocycles. The summed E-state index contributed by atoms with van der Waals surface area (Å²) < 4.78 is 27.5. The van der Waals surface area contributed by atoms with Crippen molar-refractivity contribution in [3.63, 3.8) is 0 Å². The molecule has 3 amide bonds. The second-order valence-electron chi connectivity index (χ2n) is 9.47. The average Bonchev–Trinajstić information content (AvgIpc) is 3.60. The van der Waals surface area contributed by atoms with Gasteiger partial charge in [-0.15, -0.1) is 11.3 Å². The quantitative estimate of drug-likeness (QED) is 0.277. The summed E-state index contributed by atoms with van der Waals surface area (Å²) in [7, 11) is 0. The summed E-state index contributed by atoms with van der Waals surface area (Å²) in [5.74, 6) is -3.31. The highest BCUT2D eigenvalue weighted by molar-refractivity contribution is 7.14. The van der Waals surface area contributed by atoms with Crippen LogP contribution in [0.5, 0.6) is 0 Å². The Labute approximate surface area is 227 Å². The van der Waals surface area contributed by atoms with E-state index >= 15 is 0 Å². The van der Waals surface area contributed by atoms with E-state index in [1.807, 2.05) is 13.1 Å². The Balaban J connectivity index is 1.41. The van der Waals surface area contributed by atoms with Crippen molar-refractivity contribution in [2.45, 2.75) is 39.2 Å². The smallest absolute Gasteiger partial charge is 0.261 e. The molecule has 0 spiro atoms. The van der Waals surface area contributed by atoms with Gasteiger partial charge in [0.25, 0.3) is 17.7 Å². The molecule has 0 bridgehead atoms. The summed E-state index contributed by atoms with van der Waals surface area (Å²) in [6, 6.07) is 11.1. The molecule has 4 aromatic rings. The number of carbonyl (C=O) groups excluding carboxylic acids is 3. The number of rotatable bonds is 9. The number of nitrogens with one attached hydrogen (secondary N) is 2. The number of aromatic amines is 1. The molecule has 1 aliphatic heterocycles. The summed E-state index contributed by atoms with van der Waals surface area (Å²) >= 11 is 1.32. The molecule has 39 heavy (non-hydrogen) atoms. The highest BCUT2D eigenvalue weighted by Gasteiger charge is 2.37. The van der Waals surface area contributed by atoms with Gasteiger partial charge < -0.3 is 5.32 Å². The lowest BCUT2D eigenvalue weighted by molar-refractivity contribution is 0.0629. The maximum absolute atomic E-state index is 13.9. The number of imide groups is 1. The second kappa shape index (κ2) is 10.9. The maximum Gasteiger partial charge on any atom is 0.261 e. The van der Waals surface area contributed by atoms with Gasteiger partial charge in [0.1, 0.15) is 0 Å². The number of benzene rings is 2. The topological polar surface area (TPSA) is 95.2 Å². The summed E-state index contributed by atoms with van der Waals surface area (Å²) in [5, 5.41) is 10.1. The summed E-state index contributed by atoms with van der Waals surface area (Å²) in [5.41, 5.74) is 3.77. The molecule has 200 valence electrons. The Morgan fingerprint density at radius 2 is 1.74 bits per heavy atom. The first-order valence-electron chi connectivity index (χ1n) is 12.6. The molecule has 10 heteroatoms. The van der Waals surface area contributed by atoms with E-state index in [2.05, 4.69) is 22.4 Å². The van der Waals surface area contributed by atoms with Gasteiger partial charge in [-0.1, -0.05) is 31.5 Å². The molecule has 0 saturated carbocycles. The van der Waals surface area contributed by atoms with Gasteiger partial charge in [-0.05, 0) is 61.2 Å². The summed E-state index contributed by atoms with van der Waals surface area (Å²) in [4.78, 5) is 41.9. The van der Waals surface area contributed by atoms with Crippen LogP contribution in [0, 0.1) is 18.6 Å². The van der Waals surface area contributed by atoms with E-state index in [1.165, 1.54) is 17.4 Å². The highest BCUT2D eigenvalue weighted by atomic mass is 32.1. The van der Waals surface area contributed by atoms with Crippen molar-refractivity contribution in [1.82, 2.24) is 20.4 Å². The normalized spacial score (nSPS) is 13.6. The van der Waals surface area contributed by atoms with Crippen LogP contribution in [0.25, 0.3) is 11.1 Å². The number of halogens is 2. The molecule has 5 rings (SSSR count). The molecule has 0 fully saturated rings. The minimum atomic E-state index is -1.01. The molecule has 2 aromatic carbocycles. The predicted molar refractivity (Wildman–Crippen MR) is 144 cm³/mol. The largest absolute Gasteiger partial charge is 0.346 e. The monoisotopic (exact) mass is 548 g/mol. The first kappa shape index (κ1) is 26.4. The molecule has 2 N–H and O–H groups in total. The number of fused-ring (bicyclic) bond motifs is 1. The first-order valence-corrected chi connectivity index (χ1v) is 13.4. The average molecular weight is 549 g/mol. The fraction of sp³-hybridized carbons (Fsp3) is 0.241. The maximum atomic E-state index is 13.9. The lowest BCUT2D eigenvalue weighted by atomic mass is 10.0. The zero-order valence-electron chi connectivity index (χ0n) is 21.4. The zero-order valence-corrected chi connectivity index (χ0v) is 22.2. The standard InChI is InChI=1S/C29H26F2N4O3S/c1-3-6-25-22(14-32-34-25)21-13-26(39-16(21)2)27(36)33-18(11-17-9-10-23(30)24(31)12-17)15-35-28(37)19-7-4-5-8-20(19)29(35)38/h4-5,7-10,12-14,18H,3,6,11,15H2,1-2H3,(H,32,34)(H,33,36)/t18-/m0/s1. The van der Waals surface area contributed by atoms with Crippen LogP contribution < -0.4 is 5.32 Å². The Hall–Kier alpha value is -4.18. The lowest BCUT2D eigenvalue weighted by Crippen LogP contribution is -2.46. The van der Waals surface area contributed by atoms with Crippen LogP contribution in [0.15, 0.2) is 54.7 Å². The lowest BCUT2D eigenvalue weighted by Gasteiger charge is -2.24. The van der Waals surface area contributed by atoms with Crippen LogP contribution in [-0.2, 0) is 12.8 Å². The fourth-order valence-electron chi connectivity index (χ4n) is 4.83. The summed E-state index contributed by atoms with van der Waals surface area (Å²) in [6.07, 6.45) is 3.62. The highest BCUT2D eigenvalue weighted by Crippen LogP contribution is 2.33. The van der Waals surface area contributed by atoms with Gasteiger partial charge in [-0.25, -0.2) is 8.78 Å². The SMILES string of the molecule is CCCc1n[nH]cc1-c1cc(C(=O)N[C@@H](Cc2ccc(F)c(F)c2)CN2C(=O)c3ccccc3C2=O)sc1C. The number of carbonyl (C=O) groups is 3. The molecule has 0 unspecified atom stereocenters. The van der Waals surface area contributed by atoms with E-state index in [0.29, 0.717) is 21.6 Å². The second-order valence-corrected chi connectivity index (χ2v) is 10.7. The van der Waals surface area contributed by atoms with Gasteiger partial charge in [0.05, 0.1) is 27.7 Å². The molecule has 7 nitrogen and oxygen atoms in total. The van der Waals surface area contributed by atoms with Gasteiger partial charge in [-0.2, -0.15) is 5.10 Å². The Bertz CT molecular complexity index is 1540. The number of hydrogen-bond donors (Lipinski definition) is 2. The third kappa shape index (κ3) is 5.24. The third-order valence-corrected chi connectivity index (χ3v) is 7.77. The van der Waals surface area contributed by atoms with Gasteiger partial charge >= 0.3 is 0 Å². The van der Waals surface area contributed by atoms with Gasteiger partial charge in [-0.3, -0.25) is 24.4 Å². The van der Waals surface area contributed by atoms with Gasteiger partial charge in [0.2, 0.25) is 0 Å². The number of thiophene rings is 1. The van der Waals surface area contributed by atoms with Crippen molar-refractivity contribution in [2.75, 3.05) is 6.54 Å². The molecular weight excluding hydrogens is 522 g/mol. The van der Waals surface area contributed by atoms with Crippen LogP contribution in [0.3, 0.4) is 0 Å². The van der Waals surface area contributed by atoms with Crippen molar-refractivity contribution in [2.24, 2.45) is 0 Å². The van der Waals surface area contributed by atoms with E-state index < -0.39 is 29.5 Å². The number of aromatic nitrogens is 2. The Morgan fingerprint density at radius 3 is 2.41 bits per heavy atom. The Kier molecular flexibility index (Phi) is 7.38. The van der Waals surface area contributed by atoms with Gasteiger partial charge in [0, 0.05) is 23.2 Å². The van der Waals surface area contributed by atoms with Crippen LogP contribution in [0.1, 0.15) is 59.9 Å². The number of H-pyrrole nitrogens is 1. The van der Waals surface area contributed by atoms with Crippen molar-refractivity contribution in [1.29, 1.82) is 0 Å². The van der Waals surface area contributed by atoms with E-state index in [-0.39, 0.29) is 18.9 Å². The molecule has 2 aromatic heterocycles. The van der Waals surface area contributed by atoms with Crippen LogP contribution in [0.4, 0.5) is 8.78 Å². The van der Waals surface area contributed by atoms with Crippen molar-refractivity contribution in [3.8, 4) is 11.1 Å². The molecular formula is C29H26F2N4O3S. The number of amides is 3. The van der Waals surface area contributed by atoms with E-state index in [9.17, 15) is 23.2 Å². The third-order valence-electron chi connectivity index (χ3n) is 6.72. The number of aryl methyl sites for hydroxylation is 2. The Morgan fingerprint density at radius 1 is 1.03 bits per heavy atom. The minimum absolute atomic E-state index is 0.0793. The predicted octanol–water partition coefficient (Wildman–Crippen LogP) is 5.31. The summed E-state index contributed by atoms with van der Waals surface area (Å²) in [6.45, 7) is 3.87. The fourth-order valence-corrected chi connectivity index (χ4v) is 5.77. The number of nitrogens with zero attached hydrogens (tertiary/aromatic N) is 2. The van der Waals surface area contributed by atoms with E-state index in [0.717, 1.165) is 51.6 Å². The van der Waals surface area contributed by atoms with E-state index in [4.69, 9.17) is 0 Å². The molecule has 3 heterocycles. The van der Waals surface area contributed by atoms with Crippen LogP contribution in [0.2, 0.25) is 0 Å². The van der Waals surface area contributed by atoms with Crippen molar-refractivity contribution in [3.05, 3.63) is 98.5 Å². The van der Waals surface area contributed by atoms with Gasteiger partial charge in [0.15, 0.2) is 11.6 Å². The molecule has 1 aliphatic rings.